The van der Waals surface area contributed by atoms with Gasteiger partial charge in [0.2, 0.25) is 0 Å². The number of carbonyl (C=O) groups excluding carboxylic acids is 3. The van der Waals surface area contributed by atoms with E-state index in [1.165, 1.54) is 73.6 Å². The molecule has 12 nitrogen and oxygen atoms in total. The minimum absolute atomic E-state index is 0.0716. The number of alkyl carbamates (subject to hydrolysis) is 1. The lowest BCUT2D eigenvalue weighted by Crippen LogP contribution is -2.37. The molecule has 0 radical (unpaired) electrons. The molecule has 0 atom stereocenters. The SMILES string of the molecule is CC(C)(C)OC(=O)CCc1cccc(C2CCN(C(=O)c3cccc(OCC=C4CCC4)c3)CC2)c1.CC(C)(C)OC(=O)NCc1cccc(C2CCNCC2)c1.O=C(O)c1cccc(OCC=C2CCC2)c1. The highest BCUT2D eigenvalue weighted by atomic mass is 16.6. The van der Waals surface area contributed by atoms with Crippen molar-refractivity contribution in [2.45, 2.75) is 148 Å². The van der Waals surface area contributed by atoms with E-state index in [0.717, 1.165) is 55.9 Å². The summed E-state index contributed by atoms with van der Waals surface area (Å²) in [4.78, 5) is 49.6. The molecular weight excluding hydrogens is 919 g/mol. The first-order valence-electron chi connectivity index (χ1n) is 26.4. The number of amides is 2. The smallest absolute Gasteiger partial charge is 0.407 e. The summed E-state index contributed by atoms with van der Waals surface area (Å²) in [5.41, 5.74) is 7.89. The number of piperidine rings is 2. The molecule has 2 heterocycles. The highest BCUT2D eigenvalue weighted by molar-refractivity contribution is 5.94. The fraction of sp³-hybridized carbons (Fsp3) is 0.475. The molecule has 4 aromatic rings. The van der Waals surface area contributed by atoms with Crippen LogP contribution in [0.1, 0.15) is 167 Å². The average molecular weight is 998 g/mol. The number of carbonyl (C=O) groups is 4. The Labute approximate surface area is 433 Å². The summed E-state index contributed by atoms with van der Waals surface area (Å²) >= 11 is 0. The van der Waals surface area contributed by atoms with E-state index in [1.54, 1.807) is 24.3 Å². The average Bonchev–Trinajstić information content (AvgIpc) is 3.34. The molecule has 2 saturated carbocycles. The van der Waals surface area contributed by atoms with Crippen molar-refractivity contribution >= 4 is 23.9 Å². The number of carboxylic acids is 1. The molecule has 0 spiro atoms. The topological polar surface area (TPSA) is 153 Å². The van der Waals surface area contributed by atoms with Gasteiger partial charge in [-0.05, 0) is 208 Å². The number of aromatic carboxylic acids is 1. The Bertz CT molecular complexity index is 2490. The number of aryl methyl sites for hydroxylation is 1. The van der Waals surface area contributed by atoms with E-state index in [-0.39, 0.29) is 23.5 Å². The third-order valence-electron chi connectivity index (χ3n) is 13.2. The van der Waals surface area contributed by atoms with Gasteiger partial charge in [0.25, 0.3) is 5.91 Å². The lowest BCUT2D eigenvalue weighted by molar-refractivity contribution is -0.154. The number of esters is 1. The maximum absolute atomic E-state index is 13.1. The predicted octanol–water partition coefficient (Wildman–Crippen LogP) is 12.5. The Kier molecular flexibility index (Phi) is 21.1. The number of nitrogens with zero attached hydrogens (tertiary/aromatic N) is 1. The lowest BCUT2D eigenvalue weighted by Gasteiger charge is -2.32. The van der Waals surface area contributed by atoms with E-state index in [9.17, 15) is 19.2 Å². The Morgan fingerprint density at radius 1 is 0.644 bits per heavy atom. The fourth-order valence-corrected chi connectivity index (χ4v) is 8.96. The van der Waals surface area contributed by atoms with Crippen molar-refractivity contribution in [1.82, 2.24) is 15.5 Å². The summed E-state index contributed by atoms with van der Waals surface area (Å²) in [7, 11) is 0. The molecule has 12 heteroatoms. The Balaban J connectivity index is 0.000000198. The summed E-state index contributed by atoms with van der Waals surface area (Å²) in [5.74, 6) is 1.39. The second-order valence-electron chi connectivity index (χ2n) is 21.4. The van der Waals surface area contributed by atoms with E-state index >= 15 is 0 Å². The highest BCUT2D eigenvalue weighted by Crippen LogP contribution is 2.31. The number of rotatable bonds is 15. The van der Waals surface area contributed by atoms with E-state index in [1.807, 2.05) is 76.8 Å². The molecule has 2 amide bonds. The zero-order valence-corrected chi connectivity index (χ0v) is 44.1. The Hall–Kier alpha value is -6.40. The van der Waals surface area contributed by atoms with E-state index in [2.05, 4.69) is 65.3 Å². The van der Waals surface area contributed by atoms with Gasteiger partial charge in [-0.2, -0.15) is 0 Å². The molecule has 2 aliphatic carbocycles. The van der Waals surface area contributed by atoms with Gasteiger partial charge in [0.1, 0.15) is 35.9 Å². The van der Waals surface area contributed by atoms with Crippen molar-refractivity contribution < 1.29 is 43.2 Å². The summed E-state index contributed by atoms with van der Waals surface area (Å²) in [5, 5.41) is 15.0. The van der Waals surface area contributed by atoms with Gasteiger partial charge in [-0.3, -0.25) is 9.59 Å². The highest BCUT2D eigenvalue weighted by Gasteiger charge is 2.26. The zero-order chi connectivity index (χ0) is 52.2. The van der Waals surface area contributed by atoms with Gasteiger partial charge < -0.3 is 39.6 Å². The molecule has 2 saturated heterocycles. The van der Waals surface area contributed by atoms with Crippen molar-refractivity contribution in [3.05, 3.63) is 154 Å². The number of hydrogen-bond acceptors (Lipinski definition) is 9. The van der Waals surface area contributed by atoms with Crippen molar-refractivity contribution in [3.8, 4) is 11.5 Å². The first-order valence-corrected chi connectivity index (χ1v) is 26.4. The van der Waals surface area contributed by atoms with Crippen LogP contribution in [0.5, 0.6) is 11.5 Å². The molecule has 392 valence electrons. The van der Waals surface area contributed by atoms with Crippen LogP contribution in [0.4, 0.5) is 4.79 Å². The third-order valence-corrected chi connectivity index (χ3v) is 13.2. The van der Waals surface area contributed by atoms with Crippen LogP contribution in [0.3, 0.4) is 0 Å². The van der Waals surface area contributed by atoms with Gasteiger partial charge in [-0.25, -0.2) is 9.59 Å². The molecule has 2 aliphatic heterocycles. The fourth-order valence-electron chi connectivity index (χ4n) is 8.96. The second-order valence-corrected chi connectivity index (χ2v) is 21.4. The Morgan fingerprint density at radius 3 is 1.68 bits per heavy atom. The first kappa shape index (κ1) is 55.9. The molecule has 0 bridgehead atoms. The zero-order valence-electron chi connectivity index (χ0n) is 44.1. The van der Waals surface area contributed by atoms with Crippen LogP contribution in [0, 0.1) is 0 Å². The van der Waals surface area contributed by atoms with E-state index < -0.39 is 17.2 Å². The molecule has 73 heavy (non-hydrogen) atoms. The summed E-state index contributed by atoms with van der Waals surface area (Å²) in [6, 6.07) is 31.1. The summed E-state index contributed by atoms with van der Waals surface area (Å²) < 4.78 is 22.0. The minimum atomic E-state index is -0.928. The molecule has 4 fully saturated rings. The summed E-state index contributed by atoms with van der Waals surface area (Å²) in [6.07, 6.45) is 16.5. The van der Waals surface area contributed by atoms with Gasteiger partial charge in [0, 0.05) is 31.6 Å². The van der Waals surface area contributed by atoms with Crippen LogP contribution in [0.2, 0.25) is 0 Å². The van der Waals surface area contributed by atoms with Gasteiger partial charge in [-0.1, -0.05) is 71.8 Å². The number of likely N-dealkylation sites (tertiary alicyclic amines) is 1. The molecule has 0 aromatic heterocycles. The van der Waals surface area contributed by atoms with Gasteiger partial charge in [-0.15, -0.1) is 0 Å². The van der Waals surface area contributed by atoms with Crippen LogP contribution in [-0.2, 0) is 27.2 Å². The van der Waals surface area contributed by atoms with E-state index in [4.69, 9.17) is 24.1 Å². The largest absolute Gasteiger partial charge is 0.490 e. The van der Waals surface area contributed by atoms with Crippen molar-refractivity contribution in [1.29, 1.82) is 0 Å². The second kappa shape index (κ2) is 27.6. The molecule has 4 aromatic carbocycles. The number of nitrogens with one attached hydrogen (secondary N) is 2. The van der Waals surface area contributed by atoms with Crippen molar-refractivity contribution in [2.24, 2.45) is 0 Å². The van der Waals surface area contributed by atoms with Crippen LogP contribution in [0.15, 0.2) is 120 Å². The van der Waals surface area contributed by atoms with Crippen LogP contribution < -0.4 is 20.1 Å². The summed E-state index contributed by atoms with van der Waals surface area (Å²) in [6.45, 7) is 16.5. The van der Waals surface area contributed by atoms with Crippen LogP contribution in [-0.4, -0.2) is 84.5 Å². The van der Waals surface area contributed by atoms with Gasteiger partial charge >= 0.3 is 18.0 Å². The normalized spacial score (nSPS) is 15.9. The maximum Gasteiger partial charge on any atom is 0.407 e. The number of carboxylic acid groups (broad SMARTS) is 1. The molecule has 8 rings (SSSR count). The van der Waals surface area contributed by atoms with Crippen molar-refractivity contribution in [3.63, 3.8) is 0 Å². The third kappa shape index (κ3) is 19.9. The van der Waals surface area contributed by atoms with Gasteiger partial charge in [0.15, 0.2) is 0 Å². The minimum Gasteiger partial charge on any atom is -0.490 e. The number of hydrogen-bond donors (Lipinski definition) is 3. The molecule has 3 N–H and O–H groups in total. The number of ether oxygens (including phenoxy) is 4. The lowest BCUT2D eigenvalue weighted by atomic mass is 9.88. The first-order chi connectivity index (χ1) is 35.0. The van der Waals surface area contributed by atoms with Gasteiger partial charge in [0.05, 0.1) is 5.56 Å². The van der Waals surface area contributed by atoms with Crippen LogP contribution in [0.25, 0.3) is 0 Å². The maximum atomic E-state index is 13.1. The number of allylic oxidation sites excluding steroid dienone is 2. The van der Waals surface area contributed by atoms with Crippen LogP contribution >= 0.6 is 0 Å². The van der Waals surface area contributed by atoms with E-state index in [0.29, 0.717) is 55.7 Å². The van der Waals surface area contributed by atoms with Crippen molar-refractivity contribution in [2.75, 3.05) is 39.4 Å². The standard InChI is InChI=1S/C31H39NO4.C17H26N2O2.C13H14O3/c1-31(2,3)36-29(33)14-13-24-9-5-10-26(21-24)25-15-18-32(19-16-25)30(34)27-11-6-12-28(22-27)35-20-17-23-7-4-8-23;1-17(2,3)21-16(20)19-12-13-5-4-6-15(11-13)14-7-9-18-10-8-14;14-13(15)11-5-2-6-12(9-11)16-8-7-10-3-1-4-10/h5-6,9-12,17,21-22,25H,4,7-8,13-16,18-20H2,1-3H3;4-6,11,14,18H,7-10,12H2,1-3H3,(H,19,20);2,5-7,9H,1,3-4,8H2,(H,14,15). The predicted molar refractivity (Wildman–Crippen MR) is 288 cm³/mol. The number of benzene rings is 4. The molecule has 4 aliphatic rings. The molecular formula is C61H79N3O9. The Morgan fingerprint density at radius 2 is 1.15 bits per heavy atom. The monoisotopic (exact) mass is 998 g/mol. The quantitative estimate of drug-likeness (QED) is 0.0775. The molecule has 0 unspecified atom stereocenters.